The summed E-state index contributed by atoms with van der Waals surface area (Å²) in [6.45, 7) is 5.73. The number of hydrogen-bond acceptors (Lipinski definition) is 2. The van der Waals surface area contributed by atoms with Crippen LogP contribution in [0.5, 0.6) is 0 Å². The molecular weight excluding hydrogens is 190 g/mol. The molecule has 1 unspecified atom stereocenters. The van der Waals surface area contributed by atoms with Gasteiger partial charge in [-0.05, 0) is 12.5 Å². The first-order valence-electron chi connectivity index (χ1n) is 4.77. The average Bonchev–Trinajstić information content (AvgIpc) is 2.45. The van der Waals surface area contributed by atoms with E-state index in [2.05, 4.69) is 6.58 Å². The summed E-state index contributed by atoms with van der Waals surface area (Å²) >= 11 is 0. The van der Waals surface area contributed by atoms with Gasteiger partial charge in [-0.1, -0.05) is 36.9 Å². The fraction of sp³-hybridized carbons (Fsp3) is 0.250. The quantitative estimate of drug-likeness (QED) is 0.701. The van der Waals surface area contributed by atoms with E-state index in [0.717, 1.165) is 5.56 Å². The summed E-state index contributed by atoms with van der Waals surface area (Å²) in [5.41, 5.74) is 0.446. The van der Waals surface area contributed by atoms with Crippen molar-refractivity contribution in [3.63, 3.8) is 0 Å². The van der Waals surface area contributed by atoms with Crippen LogP contribution in [0.15, 0.2) is 42.7 Å². The van der Waals surface area contributed by atoms with Crippen LogP contribution in [0.3, 0.4) is 0 Å². The van der Waals surface area contributed by atoms with Gasteiger partial charge in [-0.25, -0.2) is 4.79 Å². The highest BCUT2D eigenvalue weighted by molar-refractivity contribution is 5.74. The van der Waals surface area contributed by atoms with Crippen molar-refractivity contribution in [1.29, 1.82) is 0 Å². The number of carbonyl (C=O) groups excluding carboxylic acids is 1. The van der Waals surface area contributed by atoms with Crippen molar-refractivity contribution in [2.45, 2.75) is 12.5 Å². The van der Waals surface area contributed by atoms with Crippen molar-refractivity contribution >= 4 is 6.09 Å². The van der Waals surface area contributed by atoms with Crippen LogP contribution in [-0.4, -0.2) is 18.0 Å². The molecule has 0 N–H and O–H groups in total. The van der Waals surface area contributed by atoms with Gasteiger partial charge in [0.05, 0.1) is 0 Å². The summed E-state index contributed by atoms with van der Waals surface area (Å²) in [6.07, 6.45) is -0.355. The molecule has 1 aromatic rings. The van der Waals surface area contributed by atoms with E-state index in [-0.39, 0.29) is 6.09 Å². The van der Waals surface area contributed by atoms with Gasteiger partial charge in [0.15, 0.2) is 0 Å². The lowest BCUT2D eigenvalue weighted by Crippen LogP contribution is -2.38. The smallest absolute Gasteiger partial charge is 0.412 e. The van der Waals surface area contributed by atoms with Crippen molar-refractivity contribution in [3.8, 4) is 0 Å². The van der Waals surface area contributed by atoms with Crippen molar-refractivity contribution in [2.24, 2.45) is 0 Å². The summed E-state index contributed by atoms with van der Waals surface area (Å²) in [4.78, 5) is 13.0. The molecule has 1 saturated heterocycles. The molecule has 1 fully saturated rings. The van der Waals surface area contributed by atoms with Crippen LogP contribution >= 0.6 is 0 Å². The molecule has 1 amide bonds. The van der Waals surface area contributed by atoms with Gasteiger partial charge in [0.25, 0.3) is 0 Å². The Bertz CT molecular complexity index is 413. The average molecular weight is 203 g/mol. The maximum absolute atomic E-state index is 11.4. The second-order valence-corrected chi connectivity index (χ2v) is 3.79. The molecular formula is C12H13NO2. The van der Waals surface area contributed by atoms with Crippen molar-refractivity contribution in [2.75, 3.05) is 7.05 Å². The van der Waals surface area contributed by atoms with Crippen LogP contribution in [0.4, 0.5) is 4.79 Å². The maximum Gasteiger partial charge on any atom is 0.415 e. The number of likely N-dealkylation sites (N-methyl/N-ethyl adjacent to an activating group) is 1. The second-order valence-electron chi connectivity index (χ2n) is 3.79. The molecule has 1 aromatic carbocycles. The fourth-order valence-corrected chi connectivity index (χ4v) is 1.76. The number of carbonyl (C=O) groups is 1. The Morgan fingerprint density at radius 3 is 2.40 bits per heavy atom. The van der Waals surface area contributed by atoms with Gasteiger partial charge in [-0.3, -0.25) is 4.90 Å². The number of cyclic esters (lactones) is 1. The summed E-state index contributed by atoms with van der Waals surface area (Å²) in [6, 6.07) is 9.73. The number of amides is 1. The SMILES string of the molecule is C=C1OC(=O)N(C)C1(C)c1ccccc1. The number of benzene rings is 1. The van der Waals surface area contributed by atoms with Crippen LogP contribution in [0.2, 0.25) is 0 Å². The maximum atomic E-state index is 11.4. The molecule has 3 heteroatoms. The van der Waals surface area contributed by atoms with E-state index in [0.29, 0.717) is 5.76 Å². The third-order valence-electron chi connectivity index (χ3n) is 3.03. The first kappa shape index (κ1) is 9.77. The number of nitrogens with zero attached hydrogens (tertiary/aromatic N) is 1. The van der Waals surface area contributed by atoms with E-state index in [1.165, 1.54) is 0 Å². The predicted octanol–water partition coefficient (Wildman–Crippen LogP) is 2.50. The first-order chi connectivity index (χ1) is 7.06. The predicted molar refractivity (Wildman–Crippen MR) is 57.2 cm³/mol. The Morgan fingerprint density at radius 1 is 1.33 bits per heavy atom. The fourth-order valence-electron chi connectivity index (χ4n) is 1.76. The number of hydrogen-bond donors (Lipinski definition) is 0. The topological polar surface area (TPSA) is 29.5 Å². The third-order valence-corrected chi connectivity index (χ3v) is 3.03. The zero-order valence-electron chi connectivity index (χ0n) is 8.86. The molecule has 0 radical (unpaired) electrons. The zero-order valence-corrected chi connectivity index (χ0v) is 8.86. The van der Waals surface area contributed by atoms with Crippen LogP contribution < -0.4 is 0 Å². The van der Waals surface area contributed by atoms with E-state index in [4.69, 9.17) is 4.74 Å². The summed E-state index contributed by atoms with van der Waals surface area (Å²) in [5, 5.41) is 0. The van der Waals surface area contributed by atoms with Crippen LogP contribution in [-0.2, 0) is 10.3 Å². The van der Waals surface area contributed by atoms with Crippen molar-refractivity contribution in [1.82, 2.24) is 4.90 Å². The van der Waals surface area contributed by atoms with Gasteiger partial charge >= 0.3 is 6.09 Å². The molecule has 1 atom stereocenters. The van der Waals surface area contributed by atoms with Gasteiger partial charge in [-0.15, -0.1) is 0 Å². The molecule has 0 spiro atoms. The Morgan fingerprint density at radius 2 is 1.93 bits per heavy atom. The van der Waals surface area contributed by atoms with Crippen LogP contribution in [0.1, 0.15) is 12.5 Å². The van der Waals surface area contributed by atoms with Crippen LogP contribution in [0, 0.1) is 0 Å². The highest BCUT2D eigenvalue weighted by Crippen LogP contribution is 2.39. The molecule has 1 heterocycles. The zero-order chi connectivity index (χ0) is 11.1. The van der Waals surface area contributed by atoms with Crippen LogP contribution in [0.25, 0.3) is 0 Å². The lowest BCUT2D eigenvalue weighted by Gasteiger charge is -2.29. The van der Waals surface area contributed by atoms with Gasteiger partial charge in [0, 0.05) is 7.05 Å². The minimum atomic E-state index is -0.557. The summed E-state index contributed by atoms with van der Waals surface area (Å²) in [5.74, 6) is 0.473. The first-order valence-corrected chi connectivity index (χ1v) is 4.77. The Hall–Kier alpha value is -1.77. The molecule has 0 aromatic heterocycles. The molecule has 15 heavy (non-hydrogen) atoms. The standard InChI is InChI=1S/C12H13NO2/c1-9-12(2,13(3)11(14)15-9)10-7-5-4-6-8-10/h4-8H,1H2,2-3H3. The molecule has 0 aliphatic carbocycles. The number of ether oxygens (including phenoxy) is 1. The number of rotatable bonds is 1. The second kappa shape index (κ2) is 3.12. The van der Waals surface area contributed by atoms with E-state index < -0.39 is 5.54 Å². The minimum Gasteiger partial charge on any atom is -0.412 e. The van der Waals surface area contributed by atoms with E-state index in [9.17, 15) is 4.79 Å². The van der Waals surface area contributed by atoms with Crippen molar-refractivity contribution in [3.05, 3.63) is 48.2 Å². The summed E-state index contributed by atoms with van der Waals surface area (Å²) in [7, 11) is 1.72. The lowest BCUT2D eigenvalue weighted by molar-refractivity contribution is 0.167. The minimum absolute atomic E-state index is 0.355. The molecule has 1 aliphatic heterocycles. The third kappa shape index (κ3) is 1.23. The molecule has 0 saturated carbocycles. The molecule has 3 nitrogen and oxygen atoms in total. The Kier molecular flexibility index (Phi) is 2.03. The largest absolute Gasteiger partial charge is 0.415 e. The lowest BCUT2D eigenvalue weighted by atomic mass is 9.90. The van der Waals surface area contributed by atoms with Gasteiger partial charge in [-0.2, -0.15) is 0 Å². The summed E-state index contributed by atoms with van der Waals surface area (Å²) < 4.78 is 5.04. The van der Waals surface area contributed by atoms with E-state index >= 15 is 0 Å². The van der Waals surface area contributed by atoms with E-state index in [1.54, 1.807) is 11.9 Å². The Balaban J connectivity index is 2.51. The molecule has 0 bridgehead atoms. The van der Waals surface area contributed by atoms with Gasteiger partial charge in [0.2, 0.25) is 0 Å². The highest BCUT2D eigenvalue weighted by atomic mass is 16.6. The Labute approximate surface area is 89.0 Å². The van der Waals surface area contributed by atoms with Crippen molar-refractivity contribution < 1.29 is 9.53 Å². The van der Waals surface area contributed by atoms with Gasteiger partial charge in [0.1, 0.15) is 11.3 Å². The normalized spacial score (nSPS) is 25.6. The van der Waals surface area contributed by atoms with E-state index in [1.807, 2.05) is 37.3 Å². The molecule has 2 rings (SSSR count). The van der Waals surface area contributed by atoms with Gasteiger partial charge < -0.3 is 4.74 Å². The monoisotopic (exact) mass is 203 g/mol. The molecule has 78 valence electrons. The highest BCUT2D eigenvalue weighted by Gasteiger charge is 2.46. The molecule has 1 aliphatic rings.